The van der Waals surface area contributed by atoms with Crippen molar-refractivity contribution in [1.82, 2.24) is 4.90 Å². The first kappa shape index (κ1) is 11.8. The Morgan fingerprint density at radius 2 is 2.06 bits per heavy atom. The van der Waals surface area contributed by atoms with Gasteiger partial charge in [0.2, 0.25) is 0 Å². The lowest BCUT2D eigenvalue weighted by Crippen LogP contribution is -2.33. The normalized spacial score (nSPS) is 24.0. The lowest BCUT2D eigenvalue weighted by Gasteiger charge is -2.22. The minimum absolute atomic E-state index is 0.172. The van der Waals surface area contributed by atoms with Gasteiger partial charge in [0.25, 0.3) is 5.91 Å². The molecular formula is C13H17NO3. The number of rotatable bonds is 1. The fourth-order valence-corrected chi connectivity index (χ4v) is 2.44. The molecule has 2 atom stereocenters. The van der Waals surface area contributed by atoms with E-state index in [-0.39, 0.29) is 29.0 Å². The van der Waals surface area contributed by atoms with Gasteiger partial charge in [-0.25, -0.2) is 0 Å². The molecule has 1 aromatic rings. The summed E-state index contributed by atoms with van der Waals surface area (Å²) in [5, 5.41) is 19.1. The number of para-hydroxylation sites is 1. The summed E-state index contributed by atoms with van der Waals surface area (Å²) >= 11 is 0. The van der Waals surface area contributed by atoms with E-state index in [1.807, 2.05) is 6.92 Å². The Morgan fingerprint density at radius 3 is 2.65 bits per heavy atom. The van der Waals surface area contributed by atoms with Crippen molar-refractivity contribution in [1.29, 1.82) is 0 Å². The average Bonchev–Trinajstić information content (AvgIpc) is 2.61. The summed E-state index contributed by atoms with van der Waals surface area (Å²) in [6, 6.07) is 4.64. The summed E-state index contributed by atoms with van der Waals surface area (Å²) in [5.74, 6) is -0.316. The Bertz CT molecular complexity index is 444. The number of phenols is 2. The molecule has 1 aliphatic heterocycles. The molecule has 1 amide bonds. The number of carbonyl (C=O) groups is 1. The number of hydrogen-bond acceptors (Lipinski definition) is 3. The van der Waals surface area contributed by atoms with Gasteiger partial charge in [-0.05, 0) is 31.4 Å². The molecule has 1 heterocycles. The zero-order valence-corrected chi connectivity index (χ0v) is 10.1. The second kappa shape index (κ2) is 4.28. The maximum absolute atomic E-state index is 12.2. The molecule has 0 aliphatic carbocycles. The molecule has 1 saturated heterocycles. The topological polar surface area (TPSA) is 60.8 Å². The van der Waals surface area contributed by atoms with Crippen LogP contribution in [0.15, 0.2) is 18.2 Å². The van der Waals surface area contributed by atoms with Crippen LogP contribution in [0.3, 0.4) is 0 Å². The molecule has 2 unspecified atom stereocenters. The Morgan fingerprint density at radius 1 is 1.35 bits per heavy atom. The molecular weight excluding hydrogens is 218 g/mol. The third-order valence-electron chi connectivity index (χ3n) is 3.29. The van der Waals surface area contributed by atoms with Crippen LogP contribution in [0, 0.1) is 5.92 Å². The van der Waals surface area contributed by atoms with Gasteiger partial charge in [-0.3, -0.25) is 4.79 Å². The molecule has 0 aromatic heterocycles. The molecule has 2 rings (SSSR count). The van der Waals surface area contributed by atoms with Crippen molar-refractivity contribution >= 4 is 5.91 Å². The maximum Gasteiger partial charge on any atom is 0.258 e. The first-order chi connectivity index (χ1) is 8.00. The fraction of sp³-hybridized carbons (Fsp3) is 0.462. The lowest BCUT2D eigenvalue weighted by atomic mass is 10.1. The summed E-state index contributed by atoms with van der Waals surface area (Å²) in [6.07, 6.45) is 0.977. The van der Waals surface area contributed by atoms with Crippen LogP contribution in [0.2, 0.25) is 0 Å². The van der Waals surface area contributed by atoms with E-state index < -0.39 is 0 Å². The summed E-state index contributed by atoms with van der Waals surface area (Å²) in [4.78, 5) is 14.0. The second-order valence-electron chi connectivity index (χ2n) is 4.82. The monoisotopic (exact) mass is 235 g/mol. The molecule has 2 N–H and O–H groups in total. The first-order valence-electron chi connectivity index (χ1n) is 5.82. The highest BCUT2D eigenvalue weighted by molar-refractivity contribution is 5.98. The zero-order chi connectivity index (χ0) is 12.6. The number of carbonyl (C=O) groups excluding carboxylic acids is 1. The molecule has 1 fully saturated rings. The fourth-order valence-electron chi connectivity index (χ4n) is 2.44. The Balaban J connectivity index is 2.29. The molecule has 0 spiro atoms. The van der Waals surface area contributed by atoms with Crippen molar-refractivity contribution in [3.05, 3.63) is 23.8 Å². The van der Waals surface area contributed by atoms with Crippen LogP contribution in [0.5, 0.6) is 11.5 Å². The van der Waals surface area contributed by atoms with E-state index in [1.165, 1.54) is 12.1 Å². The van der Waals surface area contributed by atoms with E-state index in [1.54, 1.807) is 11.0 Å². The maximum atomic E-state index is 12.2. The van der Waals surface area contributed by atoms with Crippen LogP contribution in [-0.4, -0.2) is 33.6 Å². The van der Waals surface area contributed by atoms with Crippen molar-refractivity contribution in [2.24, 2.45) is 5.92 Å². The number of aromatic hydroxyl groups is 2. The SMILES string of the molecule is CC1CC(C)N(C(=O)c2cccc(O)c2O)C1. The van der Waals surface area contributed by atoms with Crippen molar-refractivity contribution in [3.63, 3.8) is 0 Å². The average molecular weight is 235 g/mol. The van der Waals surface area contributed by atoms with Gasteiger partial charge in [-0.15, -0.1) is 0 Å². The standard InChI is InChI=1S/C13H17NO3/c1-8-6-9(2)14(7-8)13(17)10-4-3-5-11(15)12(10)16/h3-5,8-9,15-16H,6-7H2,1-2H3. The number of hydrogen-bond donors (Lipinski definition) is 2. The summed E-state index contributed by atoms with van der Waals surface area (Å²) in [5.41, 5.74) is 0.172. The van der Waals surface area contributed by atoms with E-state index in [0.29, 0.717) is 12.5 Å². The first-order valence-corrected chi connectivity index (χ1v) is 5.82. The van der Waals surface area contributed by atoms with Crippen molar-refractivity contribution < 1.29 is 15.0 Å². The number of phenolic OH excluding ortho intramolecular Hbond substituents is 2. The number of nitrogens with zero attached hydrogens (tertiary/aromatic N) is 1. The van der Waals surface area contributed by atoms with Gasteiger partial charge < -0.3 is 15.1 Å². The number of amides is 1. The molecule has 0 radical (unpaired) electrons. The minimum Gasteiger partial charge on any atom is -0.504 e. The van der Waals surface area contributed by atoms with Crippen LogP contribution in [0.4, 0.5) is 0 Å². The highest BCUT2D eigenvalue weighted by atomic mass is 16.3. The van der Waals surface area contributed by atoms with Gasteiger partial charge in [-0.2, -0.15) is 0 Å². The third kappa shape index (κ3) is 2.07. The molecule has 4 nitrogen and oxygen atoms in total. The summed E-state index contributed by atoms with van der Waals surface area (Å²) < 4.78 is 0. The van der Waals surface area contributed by atoms with Gasteiger partial charge in [0.15, 0.2) is 11.5 Å². The molecule has 1 aliphatic rings. The predicted molar refractivity (Wildman–Crippen MR) is 64.1 cm³/mol. The van der Waals surface area contributed by atoms with Crippen LogP contribution >= 0.6 is 0 Å². The smallest absolute Gasteiger partial charge is 0.258 e. The summed E-state index contributed by atoms with van der Waals surface area (Å²) in [7, 11) is 0. The Kier molecular flexibility index (Phi) is 2.96. The van der Waals surface area contributed by atoms with E-state index in [4.69, 9.17) is 0 Å². The van der Waals surface area contributed by atoms with Crippen LogP contribution in [-0.2, 0) is 0 Å². The van der Waals surface area contributed by atoms with E-state index >= 15 is 0 Å². The van der Waals surface area contributed by atoms with Gasteiger partial charge in [-0.1, -0.05) is 13.0 Å². The third-order valence-corrected chi connectivity index (χ3v) is 3.29. The molecule has 1 aromatic carbocycles. The molecule has 0 bridgehead atoms. The Hall–Kier alpha value is -1.71. The van der Waals surface area contributed by atoms with Crippen molar-refractivity contribution in [2.75, 3.05) is 6.54 Å². The van der Waals surface area contributed by atoms with E-state index in [9.17, 15) is 15.0 Å². The van der Waals surface area contributed by atoms with Gasteiger partial charge in [0, 0.05) is 12.6 Å². The number of likely N-dealkylation sites (tertiary alicyclic amines) is 1. The van der Waals surface area contributed by atoms with Crippen LogP contribution in [0.1, 0.15) is 30.6 Å². The van der Waals surface area contributed by atoms with Gasteiger partial charge in [0.1, 0.15) is 0 Å². The molecule has 0 saturated carbocycles. The van der Waals surface area contributed by atoms with Crippen LogP contribution in [0.25, 0.3) is 0 Å². The van der Waals surface area contributed by atoms with Crippen LogP contribution < -0.4 is 0 Å². The minimum atomic E-state index is -0.329. The predicted octanol–water partition coefficient (Wildman–Crippen LogP) is 1.97. The zero-order valence-electron chi connectivity index (χ0n) is 10.1. The quantitative estimate of drug-likeness (QED) is 0.731. The molecule has 92 valence electrons. The summed E-state index contributed by atoms with van der Waals surface area (Å²) in [6.45, 7) is 4.81. The highest BCUT2D eigenvalue weighted by Crippen LogP contribution is 2.31. The van der Waals surface area contributed by atoms with Crippen molar-refractivity contribution in [3.8, 4) is 11.5 Å². The van der Waals surface area contributed by atoms with Gasteiger partial charge in [0.05, 0.1) is 5.56 Å². The van der Waals surface area contributed by atoms with E-state index in [2.05, 4.69) is 6.92 Å². The second-order valence-corrected chi connectivity index (χ2v) is 4.82. The molecule has 4 heteroatoms. The highest BCUT2D eigenvalue weighted by Gasteiger charge is 2.31. The number of benzene rings is 1. The van der Waals surface area contributed by atoms with E-state index in [0.717, 1.165) is 6.42 Å². The largest absolute Gasteiger partial charge is 0.504 e. The molecule has 17 heavy (non-hydrogen) atoms. The van der Waals surface area contributed by atoms with Gasteiger partial charge >= 0.3 is 0 Å². The van der Waals surface area contributed by atoms with Crippen molar-refractivity contribution in [2.45, 2.75) is 26.3 Å². The Labute approximate surface area is 100 Å². The lowest BCUT2D eigenvalue weighted by molar-refractivity contribution is 0.0740.